The molecular formula is C20H27NO6. The predicted octanol–water partition coefficient (Wildman–Crippen LogP) is 2.87. The molecule has 0 N–H and O–H groups in total. The second-order valence-electron chi connectivity index (χ2n) is 5.73. The van der Waals surface area contributed by atoms with Crippen LogP contribution in [0.2, 0.25) is 0 Å². The third-order valence-corrected chi connectivity index (χ3v) is 3.79. The molecule has 0 spiro atoms. The van der Waals surface area contributed by atoms with E-state index in [9.17, 15) is 14.4 Å². The summed E-state index contributed by atoms with van der Waals surface area (Å²) in [5.74, 6) is -0.554. The fraction of sp³-hybridized carbons (Fsp3) is 0.450. The Balaban J connectivity index is 2.99. The van der Waals surface area contributed by atoms with Crippen LogP contribution in [0.25, 0.3) is 0 Å². The number of ether oxygens (including phenoxy) is 3. The Morgan fingerprint density at radius 2 is 1.81 bits per heavy atom. The summed E-state index contributed by atoms with van der Waals surface area (Å²) in [6, 6.07) is 5.13. The molecule has 1 rings (SSSR count). The number of hydrogen-bond acceptors (Lipinski definition) is 6. The van der Waals surface area contributed by atoms with Crippen LogP contribution >= 0.6 is 0 Å². The van der Waals surface area contributed by atoms with Crippen LogP contribution in [0.4, 0.5) is 0 Å². The normalized spacial score (nSPS) is 10.0. The van der Waals surface area contributed by atoms with Gasteiger partial charge in [-0.2, -0.15) is 0 Å². The maximum Gasteiger partial charge on any atom is 0.315 e. The van der Waals surface area contributed by atoms with Gasteiger partial charge in [-0.1, -0.05) is 12.1 Å². The van der Waals surface area contributed by atoms with Gasteiger partial charge in [0.25, 0.3) is 0 Å². The molecule has 0 saturated carbocycles. The lowest BCUT2D eigenvalue weighted by molar-refractivity contribution is -0.152. The van der Waals surface area contributed by atoms with Gasteiger partial charge in [0.2, 0.25) is 11.8 Å². The Hall–Kier alpha value is -2.83. The Morgan fingerprint density at radius 3 is 2.41 bits per heavy atom. The summed E-state index contributed by atoms with van der Waals surface area (Å²) in [5, 5.41) is 0. The number of carbonyl (C=O) groups excluding carboxylic acids is 3. The van der Waals surface area contributed by atoms with Crippen LogP contribution in [0.5, 0.6) is 11.5 Å². The van der Waals surface area contributed by atoms with Crippen molar-refractivity contribution in [3.63, 3.8) is 0 Å². The molecule has 0 aliphatic rings. The molecule has 0 saturated heterocycles. The van der Waals surface area contributed by atoms with E-state index in [0.717, 1.165) is 4.90 Å². The summed E-state index contributed by atoms with van der Waals surface area (Å²) in [4.78, 5) is 37.8. The molecule has 1 aromatic carbocycles. The quantitative estimate of drug-likeness (QED) is 0.255. The third kappa shape index (κ3) is 7.13. The third-order valence-electron chi connectivity index (χ3n) is 3.79. The molecule has 27 heavy (non-hydrogen) atoms. The monoisotopic (exact) mass is 377 g/mol. The van der Waals surface area contributed by atoms with Gasteiger partial charge in [-0.25, -0.2) is 0 Å². The molecule has 0 radical (unpaired) electrons. The van der Waals surface area contributed by atoms with Gasteiger partial charge in [0.15, 0.2) is 11.5 Å². The van der Waals surface area contributed by atoms with Crippen LogP contribution in [0.1, 0.15) is 38.2 Å². The van der Waals surface area contributed by atoms with Gasteiger partial charge in [-0.15, -0.1) is 6.58 Å². The van der Waals surface area contributed by atoms with Crippen molar-refractivity contribution in [1.29, 1.82) is 0 Å². The number of unbranched alkanes of at least 4 members (excludes halogenated alkanes) is 1. The zero-order valence-electron chi connectivity index (χ0n) is 16.2. The minimum absolute atomic E-state index is 0.0332. The minimum atomic E-state index is -0.654. The van der Waals surface area contributed by atoms with Crippen molar-refractivity contribution in [2.75, 3.05) is 20.8 Å². The first-order chi connectivity index (χ1) is 13.0. The molecule has 0 heterocycles. The second-order valence-corrected chi connectivity index (χ2v) is 5.73. The number of methoxy groups -OCH3 is 2. The lowest BCUT2D eigenvalue weighted by Gasteiger charge is -2.21. The Kier molecular flexibility index (Phi) is 9.64. The Morgan fingerprint density at radius 1 is 1.11 bits per heavy atom. The van der Waals surface area contributed by atoms with Crippen LogP contribution in [-0.4, -0.2) is 43.5 Å². The van der Waals surface area contributed by atoms with E-state index in [1.54, 1.807) is 31.2 Å². The summed E-state index contributed by atoms with van der Waals surface area (Å²) < 4.78 is 15.3. The van der Waals surface area contributed by atoms with Crippen molar-refractivity contribution in [2.24, 2.45) is 0 Å². The summed E-state index contributed by atoms with van der Waals surface area (Å²) >= 11 is 0. The first-order valence-corrected chi connectivity index (χ1v) is 8.77. The van der Waals surface area contributed by atoms with E-state index in [1.807, 2.05) is 0 Å². The molecular weight excluding hydrogens is 350 g/mol. The Labute approximate surface area is 159 Å². The number of esters is 1. The predicted molar refractivity (Wildman–Crippen MR) is 100 cm³/mol. The average molecular weight is 377 g/mol. The van der Waals surface area contributed by atoms with E-state index in [1.165, 1.54) is 14.2 Å². The van der Waals surface area contributed by atoms with Gasteiger partial charge in [0, 0.05) is 6.42 Å². The highest BCUT2D eigenvalue weighted by atomic mass is 16.5. The fourth-order valence-corrected chi connectivity index (χ4v) is 2.44. The number of allylic oxidation sites excluding steroid dienone is 1. The zero-order valence-corrected chi connectivity index (χ0v) is 16.2. The van der Waals surface area contributed by atoms with E-state index < -0.39 is 18.3 Å². The van der Waals surface area contributed by atoms with Crippen LogP contribution in [0.15, 0.2) is 30.9 Å². The number of imide groups is 1. The number of amides is 2. The first-order valence-electron chi connectivity index (χ1n) is 8.77. The van der Waals surface area contributed by atoms with Crippen molar-refractivity contribution in [3.8, 4) is 11.5 Å². The highest BCUT2D eigenvalue weighted by molar-refractivity contribution is 6.02. The average Bonchev–Trinajstić information content (AvgIpc) is 2.65. The van der Waals surface area contributed by atoms with Crippen molar-refractivity contribution in [3.05, 3.63) is 36.4 Å². The van der Waals surface area contributed by atoms with Crippen LogP contribution in [-0.2, 0) is 25.7 Å². The maximum absolute atomic E-state index is 12.5. The number of nitrogens with zero attached hydrogens (tertiary/aromatic N) is 1. The molecule has 0 fully saturated rings. The number of benzene rings is 1. The number of rotatable bonds is 11. The van der Waals surface area contributed by atoms with Crippen LogP contribution < -0.4 is 9.47 Å². The number of carbonyl (C=O) groups is 3. The molecule has 1 aromatic rings. The molecule has 0 bridgehead atoms. The summed E-state index contributed by atoms with van der Waals surface area (Å²) in [7, 11) is 3.03. The van der Waals surface area contributed by atoms with E-state index >= 15 is 0 Å². The molecule has 0 aromatic heterocycles. The van der Waals surface area contributed by atoms with Gasteiger partial charge in [0.1, 0.15) is 6.42 Å². The summed E-state index contributed by atoms with van der Waals surface area (Å²) in [5.41, 5.74) is 0.682. The molecule has 148 valence electrons. The summed E-state index contributed by atoms with van der Waals surface area (Å²) in [6.45, 7) is 5.49. The first kappa shape index (κ1) is 22.2. The molecule has 2 amide bonds. The fourth-order valence-electron chi connectivity index (χ4n) is 2.44. The van der Waals surface area contributed by atoms with Gasteiger partial charge in [-0.05, 0) is 37.5 Å². The molecule has 0 aliphatic carbocycles. The second kappa shape index (κ2) is 11.7. The smallest absolute Gasteiger partial charge is 0.315 e. The lowest BCUT2D eigenvalue weighted by atomic mass is 10.1. The van der Waals surface area contributed by atoms with Gasteiger partial charge >= 0.3 is 5.97 Å². The van der Waals surface area contributed by atoms with Gasteiger partial charge in [0.05, 0.1) is 27.4 Å². The van der Waals surface area contributed by atoms with Crippen LogP contribution in [0, 0.1) is 0 Å². The highest BCUT2D eigenvalue weighted by Gasteiger charge is 2.24. The minimum Gasteiger partial charge on any atom is -0.493 e. The highest BCUT2D eigenvalue weighted by Crippen LogP contribution is 2.28. The van der Waals surface area contributed by atoms with Crippen LogP contribution in [0.3, 0.4) is 0 Å². The summed E-state index contributed by atoms with van der Waals surface area (Å²) in [6.07, 6.45) is 2.67. The molecule has 0 unspecified atom stereocenters. The van der Waals surface area contributed by atoms with Crippen molar-refractivity contribution in [1.82, 2.24) is 4.90 Å². The van der Waals surface area contributed by atoms with E-state index in [0.29, 0.717) is 29.9 Å². The largest absolute Gasteiger partial charge is 0.493 e. The molecule has 7 heteroatoms. The standard InChI is InChI=1S/C20H27NO6/c1-5-7-8-9-18(22)21(19(23)13-20(24)27-6-2)14-15-10-11-16(25-3)17(12-15)26-4/h5,10-12H,1,6-9,13-14H2,2-4H3. The van der Waals surface area contributed by atoms with Gasteiger partial charge < -0.3 is 14.2 Å². The topological polar surface area (TPSA) is 82.1 Å². The maximum atomic E-state index is 12.5. The van der Waals surface area contributed by atoms with Crippen molar-refractivity contribution in [2.45, 2.75) is 39.2 Å². The Bertz CT molecular complexity index is 670. The van der Waals surface area contributed by atoms with Crippen molar-refractivity contribution < 1.29 is 28.6 Å². The van der Waals surface area contributed by atoms with Crippen molar-refractivity contribution >= 4 is 17.8 Å². The molecule has 0 atom stereocenters. The van der Waals surface area contributed by atoms with Gasteiger partial charge in [-0.3, -0.25) is 19.3 Å². The molecule has 7 nitrogen and oxygen atoms in total. The SMILES string of the molecule is C=CCCCC(=O)N(Cc1ccc(OC)c(OC)c1)C(=O)CC(=O)OCC. The van der Waals surface area contributed by atoms with E-state index in [-0.39, 0.29) is 25.5 Å². The number of hydrogen-bond donors (Lipinski definition) is 0. The van der Waals surface area contributed by atoms with E-state index in [4.69, 9.17) is 14.2 Å². The molecule has 0 aliphatic heterocycles. The zero-order chi connectivity index (χ0) is 20.2. The lowest BCUT2D eigenvalue weighted by Crippen LogP contribution is -2.37. The van der Waals surface area contributed by atoms with E-state index in [2.05, 4.69) is 6.58 Å².